The lowest BCUT2D eigenvalue weighted by Crippen LogP contribution is -2.51. The van der Waals surface area contributed by atoms with Crippen LogP contribution < -0.4 is 5.73 Å². The fraction of sp³-hybridized carbons (Fsp3) is 0.478. The van der Waals surface area contributed by atoms with E-state index in [4.69, 9.17) is 5.73 Å². The summed E-state index contributed by atoms with van der Waals surface area (Å²) >= 11 is 0. The average Bonchev–Trinajstić information content (AvgIpc) is 3.10. The van der Waals surface area contributed by atoms with Crippen molar-refractivity contribution in [2.24, 2.45) is 5.73 Å². The van der Waals surface area contributed by atoms with Crippen LogP contribution in [0.5, 0.6) is 0 Å². The van der Waals surface area contributed by atoms with Gasteiger partial charge in [-0.05, 0) is 74.9 Å². The number of nitrogens with two attached hydrogens (primary N) is 1. The van der Waals surface area contributed by atoms with Gasteiger partial charge < -0.3 is 5.73 Å². The third-order valence-corrected chi connectivity index (χ3v) is 6.61. The largest absolute Gasteiger partial charge is 0.328 e. The predicted molar refractivity (Wildman–Crippen MR) is 105 cm³/mol. The van der Waals surface area contributed by atoms with Crippen molar-refractivity contribution in [3.05, 3.63) is 70.8 Å². The smallest absolute Gasteiger partial charge is 0.0525 e. The van der Waals surface area contributed by atoms with E-state index in [0.29, 0.717) is 12.0 Å². The highest BCUT2D eigenvalue weighted by atomic mass is 15.2. The van der Waals surface area contributed by atoms with Crippen molar-refractivity contribution in [1.29, 1.82) is 0 Å². The second-order valence-electron chi connectivity index (χ2n) is 8.15. The lowest BCUT2D eigenvalue weighted by molar-refractivity contribution is 0.0652. The van der Waals surface area contributed by atoms with Gasteiger partial charge >= 0.3 is 0 Å². The summed E-state index contributed by atoms with van der Waals surface area (Å²) in [4.78, 5) is 2.45. The molecule has 2 aliphatic carbocycles. The number of likely N-dealkylation sites (N-methyl/N-ethyl adjacent to an activating group) is 1. The molecule has 3 atom stereocenters. The van der Waals surface area contributed by atoms with Crippen LogP contribution in [0.15, 0.2) is 48.5 Å². The maximum Gasteiger partial charge on any atom is 0.0525 e. The average molecular weight is 335 g/mol. The molecule has 2 N–H and O–H groups in total. The molecule has 0 aromatic heterocycles. The van der Waals surface area contributed by atoms with Crippen molar-refractivity contribution in [1.82, 2.24) is 4.90 Å². The van der Waals surface area contributed by atoms with Gasteiger partial charge in [-0.1, -0.05) is 48.5 Å². The van der Waals surface area contributed by atoms with Gasteiger partial charge in [0.05, 0.1) is 5.54 Å². The lowest BCUT2D eigenvalue weighted by Gasteiger charge is -2.51. The molecule has 2 aromatic rings. The molecule has 0 spiro atoms. The minimum atomic E-state index is 0.0317. The molecule has 0 amide bonds. The zero-order chi connectivity index (χ0) is 17.4. The zero-order valence-electron chi connectivity index (χ0n) is 15.5. The van der Waals surface area contributed by atoms with Crippen molar-refractivity contribution in [3.63, 3.8) is 0 Å². The molecule has 0 heterocycles. The lowest BCUT2D eigenvalue weighted by atomic mass is 9.64. The molecule has 0 radical (unpaired) electrons. The van der Waals surface area contributed by atoms with Crippen LogP contribution in [-0.2, 0) is 18.4 Å². The highest BCUT2D eigenvalue weighted by Crippen LogP contribution is 2.50. The predicted octanol–water partition coefficient (Wildman–Crippen LogP) is 4.23. The van der Waals surface area contributed by atoms with Gasteiger partial charge in [-0.2, -0.15) is 0 Å². The van der Waals surface area contributed by atoms with Gasteiger partial charge in [-0.25, -0.2) is 0 Å². The van der Waals surface area contributed by atoms with Crippen LogP contribution in [0.1, 0.15) is 53.9 Å². The number of fused-ring (bicyclic) bond motifs is 1. The topological polar surface area (TPSA) is 29.3 Å². The first-order valence-corrected chi connectivity index (χ1v) is 9.71. The Morgan fingerprint density at radius 3 is 2.52 bits per heavy atom. The van der Waals surface area contributed by atoms with Gasteiger partial charge in [-0.3, -0.25) is 4.90 Å². The Balaban J connectivity index is 1.83. The van der Waals surface area contributed by atoms with Crippen molar-refractivity contribution in [2.75, 3.05) is 14.1 Å². The summed E-state index contributed by atoms with van der Waals surface area (Å²) in [5, 5.41) is 0. The van der Waals surface area contributed by atoms with E-state index in [9.17, 15) is 0 Å². The van der Waals surface area contributed by atoms with Gasteiger partial charge in [0.15, 0.2) is 0 Å². The van der Waals surface area contributed by atoms with Crippen molar-refractivity contribution in [2.45, 2.75) is 56.0 Å². The second-order valence-corrected chi connectivity index (χ2v) is 8.15. The number of nitrogens with zero attached hydrogens (tertiary/aromatic N) is 1. The van der Waals surface area contributed by atoms with E-state index in [1.807, 2.05) is 0 Å². The van der Waals surface area contributed by atoms with Crippen molar-refractivity contribution < 1.29 is 0 Å². The van der Waals surface area contributed by atoms with Crippen LogP contribution in [0, 0.1) is 0 Å². The molecule has 3 unspecified atom stereocenters. The van der Waals surface area contributed by atoms with E-state index in [0.717, 1.165) is 19.3 Å². The SMILES string of the molecule is CN(C)C1(c2ccccc2)CCC(N)CC1c1ccc2c(c1)CCC2. The molecule has 1 fully saturated rings. The Bertz CT molecular complexity index is 737. The third kappa shape index (κ3) is 2.82. The Labute approximate surface area is 152 Å². The summed E-state index contributed by atoms with van der Waals surface area (Å²) in [6.07, 6.45) is 7.06. The molecule has 2 aromatic carbocycles. The fourth-order valence-corrected chi connectivity index (χ4v) is 5.28. The van der Waals surface area contributed by atoms with Crippen LogP contribution in [0.2, 0.25) is 0 Å². The first-order chi connectivity index (χ1) is 12.1. The minimum Gasteiger partial charge on any atom is -0.328 e. The van der Waals surface area contributed by atoms with Gasteiger partial charge in [-0.15, -0.1) is 0 Å². The third-order valence-electron chi connectivity index (χ3n) is 6.61. The molecule has 2 aliphatic rings. The summed E-state index contributed by atoms with van der Waals surface area (Å²) in [6, 6.07) is 18.6. The van der Waals surface area contributed by atoms with E-state index in [2.05, 4.69) is 67.5 Å². The summed E-state index contributed by atoms with van der Waals surface area (Å²) in [7, 11) is 4.48. The van der Waals surface area contributed by atoms with E-state index < -0.39 is 0 Å². The van der Waals surface area contributed by atoms with E-state index >= 15 is 0 Å². The maximum absolute atomic E-state index is 6.46. The van der Waals surface area contributed by atoms with Gasteiger partial charge in [0, 0.05) is 12.0 Å². The molecule has 2 nitrogen and oxygen atoms in total. The van der Waals surface area contributed by atoms with Crippen LogP contribution >= 0.6 is 0 Å². The molecule has 132 valence electrons. The Kier molecular flexibility index (Phi) is 4.43. The number of aryl methyl sites for hydroxylation is 2. The number of hydrogen-bond donors (Lipinski definition) is 1. The van der Waals surface area contributed by atoms with Gasteiger partial charge in [0.2, 0.25) is 0 Å². The van der Waals surface area contributed by atoms with E-state index in [1.165, 1.54) is 30.4 Å². The van der Waals surface area contributed by atoms with Crippen molar-refractivity contribution >= 4 is 0 Å². The minimum absolute atomic E-state index is 0.0317. The van der Waals surface area contributed by atoms with Crippen LogP contribution in [0.25, 0.3) is 0 Å². The first-order valence-electron chi connectivity index (χ1n) is 9.71. The quantitative estimate of drug-likeness (QED) is 0.910. The van der Waals surface area contributed by atoms with E-state index in [1.54, 1.807) is 11.1 Å². The molecule has 0 saturated heterocycles. The van der Waals surface area contributed by atoms with Crippen LogP contribution in [0.3, 0.4) is 0 Å². The maximum atomic E-state index is 6.46. The highest BCUT2D eigenvalue weighted by Gasteiger charge is 2.46. The molecular formula is C23H30N2. The fourth-order valence-electron chi connectivity index (χ4n) is 5.28. The van der Waals surface area contributed by atoms with Crippen LogP contribution in [-0.4, -0.2) is 25.0 Å². The Morgan fingerprint density at radius 2 is 1.76 bits per heavy atom. The molecular weight excluding hydrogens is 304 g/mol. The summed E-state index contributed by atoms with van der Waals surface area (Å²) in [5.41, 5.74) is 12.5. The van der Waals surface area contributed by atoms with E-state index in [-0.39, 0.29) is 5.54 Å². The molecule has 4 rings (SSSR count). The Morgan fingerprint density at radius 1 is 1.00 bits per heavy atom. The number of benzene rings is 2. The molecule has 0 bridgehead atoms. The van der Waals surface area contributed by atoms with Crippen molar-refractivity contribution in [3.8, 4) is 0 Å². The second kappa shape index (κ2) is 6.59. The standard InChI is InChI=1S/C23H30N2/c1-25(2)23(20-9-4-3-5-10-20)14-13-21(24)16-22(23)19-12-11-17-7-6-8-18(17)15-19/h3-5,9-12,15,21-22H,6-8,13-14,16,24H2,1-2H3. The first kappa shape index (κ1) is 16.8. The normalized spacial score (nSPS) is 29.0. The molecule has 0 aliphatic heterocycles. The van der Waals surface area contributed by atoms with Gasteiger partial charge in [0.1, 0.15) is 0 Å². The Hall–Kier alpha value is -1.64. The monoisotopic (exact) mass is 334 g/mol. The molecule has 1 saturated carbocycles. The summed E-state index contributed by atoms with van der Waals surface area (Å²) in [6.45, 7) is 0. The zero-order valence-corrected chi connectivity index (χ0v) is 15.5. The highest BCUT2D eigenvalue weighted by molar-refractivity contribution is 5.41. The summed E-state index contributed by atoms with van der Waals surface area (Å²) < 4.78 is 0. The summed E-state index contributed by atoms with van der Waals surface area (Å²) in [5.74, 6) is 0.444. The molecule has 2 heteroatoms. The van der Waals surface area contributed by atoms with Crippen LogP contribution in [0.4, 0.5) is 0 Å². The molecule has 25 heavy (non-hydrogen) atoms. The number of rotatable bonds is 3. The van der Waals surface area contributed by atoms with Gasteiger partial charge in [0.25, 0.3) is 0 Å². The number of hydrogen-bond acceptors (Lipinski definition) is 2.